The Bertz CT molecular complexity index is 663. The van der Waals surface area contributed by atoms with Crippen LogP contribution in [-0.2, 0) is 10.0 Å². The molecule has 1 aromatic carbocycles. The zero-order chi connectivity index (χ0) is 16.7. The van der Waals surface area contributed by atoms with Crippen LogP contribution in [-0.4, -0.2) is 32.9 Å². The first-order valence-corrected chi connectivity index (χ1v) is 10.1. The first kappa shape index (κ1) is 16.9. The van der Waals surface area contributed by atoms with Crippen molar-refractivity contribution < 1.29 is 8.42 Å². The van der Waals surface area contributed by atoms with Gasteiger partial charge >= 0.3 is 0 Å². The molecular weight excluding hydrogens is 308 g/mol. The lowest BCUT2D eigenvalue weighted by Gasteiger charge is -2.49. The molecule has 4 nitrogen and oxygen atoms in total. The van der Waals surface area contributed by atoms with Crippen LogP contribution in [0.1, 0.15) is 57.1 Å². The van der Waals surface area contributed by atoms with E-state index in [4.69, 9.17) is 0 Å². The van der Waals surface area contributed by atoms with Gasteiger partial charge in [0.05, 0.1) is 4.90 Å². The first-order chi connectivity index (χ1) is 10.8. The van der Waals surface area contributed by atoms with Crippen LogP contribution in [0.2, 0.25) is 0 Å². The number of nitrogens with zero attached hydrogens (tertiary/aromatic N) is 1. The summed E-state index contributed by atoms with van der Waals surface area (Å²) in [6.07, 6.45) is 8.04. The third-order valence-electron chi connectivity index (χ3n) is 5.86. The minimum atomic E-state index is -3.37. The predicted molar refractivity (Wildman–Crippen MR) is 92.8 cm³/mol. The van der Waals surface area contributed by atoms with Gasteiger partial charge in [-0.3, -0.25) is 0 Å². The molecule has 23 heavy (non-hydrogen) atoms. The van der Waals surface area contributed by atoms with Gasteiger partial charge < -0.3 is 5.32 Å². The van der Waals surface area contributed by atoms with Crippen LogP contribution in [0.3, 0.4) is 0 Å². The normalized spacial score (nSPS) is 24.8. The van der Waals surface area contributed by atoms with E-state index < -0.39 is 10.0 Å². The molecule has 1 spiro atoms. The zero-order valence-electron chi connectivity index (χ0n) is 14.4. The average molecular weight is 337 g/mol. The smallest absolute Gasteiger partial charge is 0.242 e. The van der Waals surface area contributed by atoms with Gasteiger partial charge in [-0.05, 0) is 55.7 Å². The second kappa shape index (κ2) is 6.19. The highest BCUT2D eigenvalue weighted by Crippen LogP contribution is 2.53. The summed E-state index contributed by atoms with van der Waals surface area (Å²) < 4.78 is 25.9. The lowest BCUT2D eigenvalue weighted by Crippen LogP contribution is -2.52. The largest absolute Gasteiger partial charge is 0.307 e. The number of hydrogen-bond donors (Lipinski definition) is 1. The van der Waals surface area contributed by atoms with Crippen molar-refractivity contribution in [3.63, 3.8) is 0 Å². The van der Waals surface area contributed by atoms with E-state index in [1.807, 2.05) is 18.2 Å². The molecule has 2 aliphatic rings. The molecule has 0 saturated heterocycles. The molecule has 2 saturated carbocycles. The molecule has 0 heterocycles. The summed E-state index contributed by atoms with van der Waals surface area (Å²) in [5.41, 5.74) is 1.58. The van der Waals surface area contributed by atoms with E-state index in [9.17, 15) is 8.42 Å². The molecule has 2 unspecified atom stereocenters. The molecule has 0 aliphatic heterocycles. The molecule has 1 aromatic rings. The highest BCUT2D eigenvalue weighted by atomic mass is 32.2. The van der Waals surface area contributed by atoms with Gasteiger partial charge in [-0.25, -0.2) is 12.7 Å². The Kier molecular flexibility index (Phi) is 4.55. The molecule has 0 aromatic heterocycles. The topological polar surface area (TPSA) is 49.4 Å². The van der Waals surface area contributed by atoms with Gasteiger partial charge in [-0.1, -0.05) is 25.0 Å². The van der Waals surface area contributed by atoms with Crippen molar-refractivity contribution >= 4 is 10.0 Å². The highest BCUT2D eigenvalue weighted by molar-refractivity contribution is 7.89. The van der Waals surface area contributed by atoms with Gasteiger partial charge in [-0.15, -0.1) is 0 Å². The number of hydrogen-bond acceptors (Lipinski definition) is 3. The average Bonchev–Trinajstić information content (AvgIpc) is 3.03. The zero-order valence-corrected chi connectivity index (χ0v) is 15.2. The fourth-order valence-electron chi connectivity index (χ4n) is 4.19. The Balaban J connectivity index is 1.74. The summed E-state index contributed by atoms with van der Waals surface area (Å²) in [5.74, 6) is 0. The van der Waals surface area contributed by atoms with E-state index in [1.54, 1.807) is 20.2 Å². The summed E-state index contributed by atoms with van der Waals surface area (Å²) in [6.45, 7) is 2.14. The van der Waals surface area contributed by atoms with E-state index in [0.29, 0.717) is 16.4 Å². The van der Waals surface area contributed by atoms with Gasteiger partial charge in [0.1, 0.15) is 0 Å². The lowest BCUT2D eigenvalue weighted by atomic mass is 9.63. The maximum Gasteiger partial charge on any atom is 0.242 e. The SMILES string of the molecule is CC(NC1CCC12CCCC2)c1cccc(S(=O)(=O)N(C)C)c1. The summed E-state index contributed by atoms with van der Waals surface area (Å²) in [5, 5.41) is 3.76. The first-order valence-electron chi connectivity index (χ1n) is 8.64. The molecule has 1 N–H and O–H groups in total. The van der Waals surface area contributed by atoms with Gasteiger partial charge in [0.25, 0.3) is 0 Å². The summed E-state index contributed by atoms with van der Waals surface area (Å²) in [6, 6.07) is 8.12. The molecule has 2 fully saturated rings. The fraction of sp³-hybridized carbons (Fsp3) is 0.667. The van der Waals surface area contributed by atoms with E-state index in [1.165, 1.54) is 42.8 Å². The van der Waals surface area contributed by atoms with Crippen LogP contribution in [0.5, 0.6) is 0 Å². The van der Waals surface area contributed by atoms with Crippen molar-refractivity contribution in [2.75, 3.05) is 14.1 Å². The molecule has 2 aliphatic carbocycles. The van der Waals surface area contributed by atoms with Crippen LogP contribution in [0.15, 0.2) is 29.2 Å². The fourth-order valence-corrected chi connectivity index (χ4v) is 5.14. The lowest BCUT2D eigenvalue weighted by molar-refractivity contribution is 0.0651. The Morgan fingerprint density at radius 1 is 1.22 bits per heavy atom. The Labute approximate surface area is 140 Å². The van der Waals surface area contributed by atoms with Crippen LogP contribution in [0, 0.1) is 5.41 Å². The van der Waals surface area contributed by atoms with Crippen molar-refractivity contribution in [2.45, 2.75) is 62.4 Å². The summed E-state index contributed by atoms with van der Waals surface area (Å²) in [4.78, 5) is 0.373. The molecular formula is C18H28N2O2S. The molecule has 128 valence electrons. The second-order valence-corrected chi connectivity index (χ2v) is 9.56. The van der Waals surface area contributed by atoms with E-state index in [0.717, 1.165) is 5.56 Å². The molecule has 0 amide bonds. The maximum absolute atomic E-state index is 12.3. The predicted octanol–water partition coefficient (Wildman–Crippen LogP) is 3.31. The van der Waals surface area contributed by atoms with E-state index in [-0.39, 0.29) is 6.04 Å². The van der Waals surface area contributed by atoms with E-state index in [2.05, 4.69) is 12.2 Å². The van der Waals surface area contributed by atoms with Crippen molar-refractivity contribution in [3.8, 4) is 0 Å². The van der Waals surface area contributed by atoms with Crippen LogP contribution in [0.25, 0.3) is 0 Å². The minimum Gasteiger partial charge on any atom is -0.307 e. The van der Waals surface area contributed by atoms with Crippen molar-refractivity contribution in [2.24, 2.45) is 5.41 Å². The van der Waals surface area contributed by atoms with Crippen LogP contribution < -0.4 is 5.32 Å². The van der Waals surface area contributed by atoms with E-state index >= 15 is 0 Å². The quantitative estimate of drug-likeness (QED) is 0.897. The number of rotatable bonds is 5. The second-order valence-electron chi connectivity index (χ2n) is 7.41. The molecule has 3 rings (SSSR count). The molecule has 0 bridgehead atoms. The Morgan fingerprint density at radius 2 is 1.91 bits per heavy atom. The number of nitrogens with one attached hydrogen (secondary N) is 1. The highest BCUT2D eigenvalue weighted by Gasteiger charge is 2.48. The van der Waals surface area contributed by atoms with Gasteiger partial charge in [0.15, 0.2) is 0 Å². The molecule has 5 heteroatoms. The Morgan fingerprint density at radius 3 is 2.48 bits per heavy atom. The monoisotopic (exact) mass is 336 g/mol. The van der Waals surface area contributed by atoms with Gasteiger partial charge in [0.2, 0.25) is 10.0 Å². The standard InChI is InChI=1S/C18H28N2O2S/c1-14(19-17-9-12-18(17)10-4-5-11-18)15-7-6-8-16(13-15)23(21,22)20(2)3/h6-8,13-14,17,19H,4-5,9-12H2,1-3H3. The maximum atomic E-state index is 12.3. The van der Waals surface area contributed by atoms with Crippen LogP contribution >= 0.6 is 0 Å². The summed E-state index contributed by atoms with van der Waals surface area (Å²) >= 11 is 0. The summed E-state index contributed by atoms with van der Waals surface area (Å²) in [7, 11) is -0.227. The van der Waals surface area contributed by atoms with Crippen molar-refractivity contribution in [1.82, 2.24) is 9.62 Å². The third kappa shape index (κ3) is 3.06. The van der Waals surface area contributed by atoms with Gasteiger partial charge in [0, 0.05) is 26.2 Å². The van der Waals surface area contributed by atoms with Gasteiger partial charge in [-0.2, -0.15) is 0 Å². The van der Waals surface area contributed by atoms with Crippen molar-refractivity contribution in [3.05, 3.63) is 29.8 Å². The van der Waals surface area contributed by atoms with Crippen LogP contribution in [0.4, 0.5) is 0 Å². The Hall–Kier alpha value is -0.910. The molecule has 2 atom stereocenters. The number of sulfonamides is 1. The number of benzene rings is 1. The molecule has 0 radical (unpaired) electrons. The minimum absolute atomic E-state index is 0.176. The van der Waals surface area contributed by atoms with Crippen molar-refractivity contribution in [1.29, 1.82) is 0 Å². The third-order valence-corrected chi connectivity index (χ3v) is 7.67.